The third-order valence-corrected chi connectivity index (χ3v) is 7.07. The number of benzene rings is 3. The van der Waals surface area contributed by atoms with Gasteiger partial charge in [-0.25, -0.2) is 0 Å². The summed E-state index contributed by atoms with van der Waals surface area (Å²) in [5, 5.41) is -0.408. The minimum atomic E-state index is -4.10. The molecule has 1 aliphatic rings. The van der Waals surface area contributed by atoms with Gasteiger partial charge in [0.15, 0.2) is 11.5 Å². The third kappa shape index (κ3) is 5.84. The molecule has 1 fully saturated rings. The Bertz CT molecular complexity index is 1360. The lowest BCUT2D eigenvalue weighted by Crippen LogP contribution is -2.32. The first kappa shape index (κ1) is 24.4. The first-order valence-electron chi connectivity index (χ1n) is 10.5. The van der Waals surface area contributed by atoms with Crippen molar-refractivity contribution < 1.29 is 31.7 Å². The average Bonchev–Trinajstić information content (AvgIpc) is 3.12. The van der Waals surface area contributed by atoms with Crippen molar-refractivity contribution in [3.8, 4) is 17.2 Å². The van der Waals surface area contributed by atoms with E-state index in [2.05, 4.69) is 0 Å². The molecule has 8 nitrogen and oxygen atoms in total. The number of imide groups is 1. The molecule has 0 spiro atoms. The number of para-hydroxylation sites is 1. The van der Waals surface area contributed by atoms with Gasteiger partial charge in [-0.15, -0.1) is 0 Å². The predicted octanol–water partition coefficient (Wildman–Crippen LogP) is 4.58. The Hall–Kier alpha value is -3.76. The fraction of sp³-hybridized carbons (Fsp3) is 0.120. The largest absolute Gasteiger partial charge is 0.493 e. The number of carbonyl (C=O) groups is 2. The lowest BCUT2D eigenvalue weighted by molar-refractivity contribution is -0.123. The number of carbonyl (C=O) groups excluding carboxylic acids is 2. The molecular formula is C25H21NO7S2. The quantitative estimate of drug-likeness (QED) is 0.304. The molecule has 180 valence electrons. The maximum absolute atomic E-state index is 12.8. The monoisotopic (exact) mass is 511 g/mol. The van der Waals surface area contributed by atoms with Crippen LogP contribution in [0.5, 0.6) is 17.2 Å². The highest BCUT2D eigenvalue weighted by atomic mass is 32.2. The molecule has 1 saturated heterocycles. The van der Waals surface area contributed by atoms with Crippen LogP contribution in [0.2, 0.25) is 0 Å². The van der Waals surface area contributed by atoms with Gasteiger partial charge in [-0.2, -0.15) is 8.42 Å². The Kier molecular flexibility index (Phi) is 7.42. The number of hydrogen-bond donors (Lipinski definition) is 0. The number of thioether (sulfide) groups is 1. The van der Waals surface area contributed by atoms with Crippen molar-refractivity contribution in [3.05, 3.63) is 89.3 Å². The number of amides is 2. The van der Waals surface area contributed by atoms with Gasteiger partial charge in [0.1, 0.15) is 17.3 Å². The van der Waals surface area contributed by atoms with Gasteiger partial charge >= 0.3 is 10.1 Å². The van der Waals surface area contributed by atoms with Crippen molar-refractivity contribution in [2.24, 2.45) is 0 Å². The van der Waals surface area contributed by atoms with Crippen molar-refractivity contribution in [2.75, 3.05) is 20.3 Å². The summed E-state index contributed by atoms with van der Waals surface area (Å²) in [6, 6.07) is 21.4. The number of nitrogens with zero attached hydrogens (tertiary/aromatic N) is 1. The summed E-state index contributed by atoms with van der Waals surface area (Å²) in [7, 11) is -2.71. The Morgan fingerprint density at radius 1 is 0.914 bits per heavy atom. The van der Waals surface area contributed by atoms with Gasteiger partial charge < -0.3 is 13.7 Å². The molecule has 0 aliphatic carbocycles. The second-order valence-electron chi connectivity index (χ2n) is 7.26. The summed E-state index contributed by atoms with van der Waals surface area (Å²) in [4.78, 5) is 26.5. The third-order valence-electron chi connectivity index (χ3n) is 4.92. The van der Waals surface area contributed by atoms with Crippen molar-refractivity contribution in [3.63, 3.8) is 0 Å². The van der Waals surface area contributed by atoms with Crippen molar-refractivity contribution in [1.29, 1.82) is 0 Å². The first-order chi connectivity index (χ1) is 16.9. The Morgan fingerprint density at radius 3 is 2.29 bits per heavy atom. The molecule has 35 heavy (non-hydrogen) atoms. The van der Waals surface area contributed by atoms with Crippen molar-refractivity contribution in [1.82, 2.24) is 4.90 Å². The van der Waals surface area contributed by atoms with Gasteiger partial charge in [0.2, 0.25) is 0 Å². The van der Waals surface area contributed by atoms with Crippen LogP contribution in [0.1, 0.15) is 5.56 Å². The molecule has 10 heteroatoms. The Labute approximate surface area is 207 Å². The summed E-state index contributed by atoms with van der Waals surface area (Å²) >= 11 is 0.801. The minimum Gasteiger partial charge on any atom is -0.493 e. The minimum absolute atomic E-state index is 0.00806. The predicted molar refractivity (Wildman–Crippen MR) is 132 cm³/mol. The zero-order valence-electron chi connectivity index (χ0n) is 18.6. The molecule has 0 saturated carbocycles. The lowest BCUT2D eigenvalue weighted by atomic mass is 10.2. The standard InChI is InChI=1S/C25H21NO7S2/c1-31-21-13-12-18(16-22(21)33-35(29,30)20-10-6-3-7-11-20)17-23-24(27)26(25(28)34-23)14-15-32-19-8-4-2-5-9-19/h2-13,16-17H,14-15H2,1H3/b23-17-. The van der Waals surface area contributed by atoms with Gasteiger partial charge in [0, 0.05) is 0 Å². The zero-order valence-corrected chi connectivity index (χ0v) is 20.3. The van der Waals surface area contributed by atoms with Gasteiger partial charge in [-0.1, -0.05) is 42.5 Å². The zero-order chi connectivity index (χ0) is 24.8. The lowest BCUT2D eigenvalue weighted by Gasteiger charge is -2.13. The second-order valence-corrected chi connectivity index (χ2v) is 9.80. The Balaban J connectivity index is 1.50. The van der Waals surface area contributed by atoms with Crippen molar-refractivity contribution >= 4 is 39.1 Å². The van der Waals surface area contributed by atoms with Crippen LogP contribution in [0.15, 0.2) is 88.7 Å². The molecule has 2 amide bonds. The molecule has 0 bridgehead atoms. The summed E-state index contributed by atoms with van der Waals surface area (Å²) in [6.45, 7) is 0.260. The number of hydrogen-bond acceptors (Lipinski definition) is 8. The smallest absolute Gasteiger partial charge is 0.339 e. The molecule has 0 unspecified atom stereocenters. The number of rotatable bonds is 9. The average molecular weight is 512 g/mol. The molecule has 0 N–H and O–H groups in total. The highest BCUT2D eigenvalue weighted by Gasteiger charge is 2.35. The van der Waals surface area contributed by atoms with E-state index < -0.39 is 21.3 Å². The molecular weight excluding hydrogens is 490 g/mol. The molecule has 0 radical (unpaired) electrons. The van der Waals surface area contributed by atoms with Crippen LogP contribution < -0.4 is 13.7 Å². The van der Waals surface area contributed by atoms with Crippen LogP contribution in [0.25, 0.3) is 6.08 Å². The van der Waals surface area contributed by atoms with Crippen LogP contribution in [0.4, 0.5) is 4.79 Å². The maximum Gasteiger partial charge on any atom is 0.339 e. The van der Waals surface area contributed by atoms with E-state index in [1.165, 1.54) is 37.5 Å². The fourth-order valence-corrected chi connectivity index (χ4v) is 5.04. The van der Waals surface area contributed by atoms with Crippen LogP contribution in [0.3, 0.4) is 0 Å². The summed E-state index contributed by atoms with van der Waals surface area (Å²) in [6.07, 6.45) is 1.50. The number of methoxy groups -OCH3 is 1. The van der Waals surface area contributed by atoms with E-state index >= 15 is 0 Å². The van der Waals surface area contributed by atoms with E-state index in [0.29, 0.717) is 11.3 Å². The van der Waals surface area contributed by atoms with E-state index in [4.69, 9.17) is 13.7 Å². The van der Waals surface area contributed by atoms with Crippen LogP contribution in [0, 0.1) is 0 Å². The highest BCUT2D eigenvalue weighted by Crippen LogP contribution is 2.35. The fourth-order valence-electron chi connectivity index (χ4n) is 3.22. The molecule has 1 aliphatic heterocycles. The maximum atomic E-state index is 12.8. The van der Waals surface area contributed by atoms with Gasteiger partial charge in [0.05, 0.1) is 18.6 Å². The highest BCUT2D eigenvalue weighted by molar-refractivity contribution is 8.18. The SMILES string of the molecule is COc1ccc(/C=C2\SC(=O)N(CCOc3ccccc3)C2=O)cc1OS(=O)(=O)c1ccccc1. The van der Waals surface area contributed by atoms with Crippen LogP contribution >= 0.6 is 11.8 Å². The van der Waals surface area contributed by atoms with E-state index in [0.717, 1.165) is 16.7 Å². The molecule has 1 heterocycles. The van der Waals surface area contributed by atoms with E-state index in [9.17, 15) is 18.0 Å². The van der Waals surface area contributed by atoms with E-state index in [-0.39, 0.29) is 34.5 Å². The van der Waals surface area contributed by atoms with Crippen molar-refractivity contribution in [2.45, 2.75) is 4.90 Å². The molecule has 4 rings (SSSR count). The van der Waals surface area contributed by atoms with E-state index in [1.54, 1.807) is 36.4 Å². The van der Waals surface area contributed by atoms with Gasteiger partial charge in [0.25, 0.3) is 11.1 Å². The first-order valence-corrected chi connectivity index (χ1v) is 12.7. The summed E-state index contributed by atoms with van der Waals surface area (Å²) in [5.41, 5.74) is 0.468. The van der Waals surface area contributed by atoms with E-state index in [1.807, 2.05) is 18.2 Å². The summed E-state index contributed by atoms with van der Waals surface area (Å²) in [5.74, 6) is 0.353. The Morgan fingerprint density at radius 2 is 1.60 bits per heavy atom. The molecule has 0 atom stereocenters. The normalized spacial score (nSPS) is 14.9. The molecule has 3 aromatic rings. The van der Waals surface area contributed by atoms with Gasteiger partial charge in [-0.05, 0) is 59.8 Å². The summed E-state index contributed by atoms with van der Waals surface area (Å²) < 4.78 is 41.4. The van der Waals surface area contributed by atoms with Crippen LogP contribution in [-0.4, -0.2) is 44.7 Å². The topological polar surface area (TPSA) is 99.2 Å². The van der Waals surface area contributed by atoms with Gasteiger partial charge in [-0.3, -0.25) is 14.5 Å². The molecule has 0 aromatic heterocycles. The molecule has 3 aromatic carbocycles. The second kappa shape index (κ2) is 10.7. The number of ether oxygens (including phenoxy) is 2. The van der Waals surface area contributed by atoms with Crippen LogP contribution in [-0.2, 0) is 14.9 Å².